The minimum absolute atomic E-state index is 0.00999. The summed E-state index contributed by atoms with van der Waals surface area (Å²) >= 11 is 9.29. The van der Waals surface area contributed by atoms with Gasteiger partial charge in [0, 0.05) is 40.2 Å². The van der Waals surface area contributed by atoms with Crippen molar-refractivity contribution in [3.8, 4) is 0 Å². The van der Waals surface area contributed by atoms with E-state index in [2.05, 4.69) is 26.1 Å². The van der Waals surface area contributed by atoms with Crippen LogP contribution in [0.2, 0.25) is 5.02 Å². The van der Waals surface area contributed by atoms with Gasteiger partial charge in [0.1, 0.15) is 0 Å². The van der Waals surface area contributed by atoms with E-state index in [0.717, 1.165) is 24.0 Å². The molecule has 0 aliphatic carbocycles. The zero-order chi connectivity index (χ0) is 21.7. The highest BCUT2D eigenvalue weighted by molar-refractivity contribution is 9.10. The first-order valence-electron chi connectivity index (χ1n) is 9.92. The number of ketones is 1. The van der Waals surface area contributed by atoms with Crippen molar-refractivity contribution < 1.29 is 9.59 Å². The van der Waals surface area contributed by atoms with Crippen LogP contribution < -0.4 is 16.8 Å². The number of carbonyl (C=O) groups excluding carboxylic acids is 2. The van der Waals surface area contributed by atoms with Crippen LogP contribution in [0.25, 0.3) is 0 Å². The molecule has 5 N–H and O–H groups in total. The van der Waals surface area contributed by atoms with Gasteiger partial charge in [0.05, 0.1) is 12.1 Å². The number of anilines is 1. The third kappa shape index (κ3) is 5.82. The van der Waals surface area contributed by atoms with Crippen molar-refractivity contribution in [3.05, 3.63) is 63.1 Å². The quantitative estimate of drug-likeness (QED) is 0.514. The Morgan fingerprint density at radius 3 is 2.63 bits per heavy atom. The van der Waals surface area contributed by atoms with Crippen molar-refractivity contribution in [2.75, 3.05) is 25.4 Å². The Morgan fingerprint density at radius 1 is 1.20 bits per heavy atom. The SMILES string of the molecule is NCC1CC(C(=O)CNC(=O)c2cc(Br)ccc2N)CCN1Cc1ccc(Cl)cc1. The number of piperidine rings is 1. The highest BCUT2D eigenvalue weighted by Crippen LogP contribution is 2.25. The van der Waals surface area contributed by atoms with Crippen LogP contribution in [0.15, 0.2) is 46.9 Å². The number of nitrogens with two attached hydrogens (primary N) is 2. The third-order valence-corrected chi connectivity index (χ3v) is 6.29. The molecule has 1 heterocycles. The molecule has 1 saturated heterocycles. The summed E-state index contributed by atoms with van der Waals surface area (Å²) in [4.78, 5) is 27.4. The van der Waals surface area contributed by atoms with Gasteiger partial charge in [-0.1, -0.05) is 39.7 Å². The van der Waals surface area contributed by atoms with Crippen LogP contribution >= 0.6 is 27.5 Å². The zero-order valence-corrected chi connectivity index (χ0v) is 19.0. The molecular weight excluding hydrogens is 468 g/mol. The normalized spacial score (nSPS) is 19.4. The Labute approximate surface area is 190 Å². The van der Waals surface area contributed by atoms with E-state index in [1.165, 1.54) is 5.56 Å². The first-order valence-corrected chi connectivity index (χ1v) is 11.1. The Bertz CT molecular complexity index is 907. The highest BCUT2D eigenvalue weighted by atomic mass is 79.9. The van der Waals surface area contributed by atoms with Crippen molar-refractivity contribution in [1.29, 1.82) is 0 Å². The fourth-order valence-electron chi connectivity index (χ4n) is 3.80. The number of Topliss-reactive ketones (excluding diaryl/α,β-unsaturated/α-hetero) is 1. The van der Waals surface area contributed by atoms with E-state index < -0.39 is 0 Å². The number of hydrogen-bond acceptors (Lipinski definition) is 5. The van der Waals surface area contributed by atoms with Gasteiger partial charge in [-0.2, -0.15) is 0 Å². The Hall–Kier alpha value is -1.93. The molecule has 1 fully saturated rings. The van der Waals surface area contributed by atoms with Crippen LogP contribution in [-0.2, 0) is 11.3 Å². The number of nitrogens with one attached hydrogen (secondary N) is 1. The van der Waals surface area contributed by atoms with Gasteiger partial charge < -0.3 is 16.8 Å². The van der Waals surface area contributed by atoms with Crippen molar-refractivity contribution in [3.63, 3.8) is 0 Å². The van der Waals surface area contributed by atoms with E-state index in [1.54, 1.807) is 18.2 Å². The fraction of sp³-hybridized carbons (Fsp3) is 0.364. The maximum Gasteiger partial charge on any atom is 0.253 e. The van der Waals surface area contributed by atoms with E-state index in [-0.39, 0.29) is 30.2 Å². The smallest absolute Gasteiger partial charge is 0.253 e. The first kappa shape index (κ1) is 22.7. The van der Waals surface area contributed by atoms with Crippen LogP contribution in [0, 0.1) is 5.92 Å². The Kier molecular flexibility index (Phi) is 7.88. The van der Waals surface area contributed by atoms with Crippen LogP contribution in [0.1, 0.15) is 28.8 Å². The number of halogens is 2. The molecule has 2 aromatic carbocycles. The second-order valence-electron chi connectivity index (χ2n) is 7.59. The Morgan fingerprint density at radius 2 is 1.93 bits per heavy atom. The van der Waals surface area contributed by atoms with E-state index >= 15 is 0 Å². The fourth-order valence-corrected chi connectivity index (χ4v) is 4.29. The van der Waals surface area contributed by atoms with E-state index in [9.17, 15) is 9.59 Å². The maximum absolute atomic E-state index is 12.7. The molecular formula is C22H26BrClN4O2. The first-order chi connectivity index (χ1) is 14.4. The number of likely N-dealkylation sites (tertiary alicyclic amines) is 1. The molecule has 6 nitrogen and oxygen atoms in total. The number of hydrogen-bond donors (Lipinski definition) is 3. The summed E-state index contributed by atoms with van der Waals surface area (Å²) in [6.07, 6.45) is 1.44. The molecule has 3 rings (SSSR count). The van der Waals surface area contributed by atoms with Gasteiger partial charge in [-0.3, -0.25) is 14.5 Å². The molecule has 2 aromatic rings. The number of carbonyl (C=O) groups is 2. The molecule has 0 saturated carbocycles. The molecule has 2 unspecified atom stereocenters. The summed E-state index contributed by atoms with van der Waals surface area (Å²) in [6.45, 7) is 2.04. The maximum atomic E-state index is 12.7. The van der Waals surface area contributed by atoms with E-state index in [1.807, 2.05) is 24.3 Å². The third-order valence-electron chi connectivity index (χ3n) is 5.55. The monoisotopic (exact) mass is 492 g/mol. The van der Waals surface area contributed by atoms with E-state index in [4.69, 9.17) is 23.1 Å². The van der Waals surface area contributed by atoms with Crippen LogP contribution in [-0.4, -0.2) is 42.3 Å². The molecule has 30 heavy (non-hydrogen) atoms. The molecule has 0 aromatic heterocycles. The number of benzene rings is 2. The summed E-state index contributed by atoms with van der Waals surface area (Å²) in [5.74, 6) is -0.431. The average molecular weight is 494 g/mol. The highest BCUT2D eigenvalue weighted by Gasteiger charge is 2.31. The average Bonchev–Trinajstić information content (AvgIpc) is 2.75. The van der Waals surface area contributed by atoms with Gasteiger partial charge in [0.15, 0.2) is 5.78 Å². The Balaban J connectivity index is 1.54. The molecule has 1 aliphatic heterocycles. The molecule has 0 bridgehead atoms. The van der Waals surface area contributed by atoms with Crippen molar-refractivity contribution >= 4 is 44.9 Å². The van der Waals surface area contributed by atoms with Crippen LogP contribution in [0.4, 0.5) is 5.69 Å². The summed E-state index contributed by atoms with van der Waals surface area (Å²) in [5, 5.41) is 3.42. The lowest BCUT2D eigenvalue weighted by molar-refractivity contribution is -0.124. The second kappa shape index (κ2) is 10.4. The van der Waals surface area contributed by atoms with Crippen LogP contribution in [0.5, 0.6) is 0 Å². The topological polar surface area (TPSA) is 101 Å². The molecule has 1 amide bonds. The molecule has 0 radical (unpaired) electrons. The van der Waals surface area contributed by atoms with Gasteiger partial charge in [-0.05, 0) is 55.3 Å². The predicted octanol–water partition coefficient (Wildman–Crippen LogP) is 3.22. The van der Waals surface area contributed by atoms with Crippen molar-refractivity contribution in [2.45, 2.75) is 25.4 Å². The lowest BCUT2D eigenvalue weighted by Crippen LogP contribution is -2.48. The summed E-state index contributed by atoms with van der Waals surface area (Å²) in [6, 6.07) is 13.0. The summed E-state index contributed by atoms with van der Waals surface area (Å²) in [5.41, 5.74) is 13.8. The van der Waals surface area contributed by atoms with Crippen molar-refractivity contribution in [2.24, 2.45) is 11.7 Å². The van der Waals surface area contributed by atoms with Gasteiger partial charge in [-0.25, -0.2) is 0 Å². The largest absolute Gasteiger partial charge is 0.398 e. The van der Waals surface area contributed by atoms with Crippen molar-refractivity contribution in [1.82, 2.24) is 10.2 Å². The minimum Gasteiger partial charge on any atom is -0.398 e. The zero-order valence-electron chi connectivity index (χ0n) is 16.6. The van der Waals surface area contributed by atoms with Gasteiger partial charge in [0.2, 0.25) is 0 Å². The number of nitrogen functional groups attached to an aromatic ring is 1. The van der Waals surface area contributed by atoms with Crippen LogP contribution in [0.3, 0.4) is 0 Å². The molecule has 1 aliphatic rings. The predicted molar refractivity (Wildman–Crippen MR) is 123 cm³/mol. The molecule has 2 atom stereocenters. The molecule has 0 spiro atoms. The second-order valence-corrected chi connectivity index (χ2v) is 8.94. The molecule has 8 heteroatoms. The standard InChI is InChI=1S/C22H26BrClN4O2/c23-16-3-6-20(26)19(10-16)22(30)27-12-21(29)15-7-8-28(18(9-15)11-25)13-14-1-4-17(24)5-2-14/h1-6,10,15,18H,7-9,11-13,25-26H2,(H,27,30). The van der Waals surface area contributed by atoms with Gasteiger partial charge in [-0.15, -0.1) is 0 Å². The summed E-state index contributed by atoms with van der Waals surface area (Å²) in [7, 11) is 0. The van der Waals surface area contributed by atoms with E-state index in [0.29, 0.717) is 29.2 Å². The number of rotatable bonds is 7. The molecule has 160 valence electrons. The lowest BCUT2D eigenvalue weighted by Gasteiger charge is -2.38. The van der Waals surface area contributed by atoms with Gasteiger partial charge >= 0.3 is 0 Å². The summed E-state index contributed by atoms with van der Waals surface area (Å²) < 4.78 is 0.757. The number of nitrogens with zero attached hydrogens (tertiary/aromatic N) is 1. The lowest BCUT2D eigenvalue weighted by atomic mass is 9.87. The number of amides is 1. The van der Waals surface area contributed by atoms with Gasteiger partial charge in [0.25, 0.3) is 5.91 Å². The minimum atomic E-state index is -0.349.